The number of aryl methyl sites for hydroxylation is 2. The summed E-state index contributed by atoms with van der Waals surface area (Å²) in [6.07, 6.45) is 0. The average Bonchev–Trinajstić information content (AvgIpc) is 3.03. The summed E-state index contributed by atoms with van der Waals surface area (Å²) in [6, 6.07) is 22.5. The maximum atomic E-state index is 11.3. The van der Waals surface area contributed by atoms with Crippen LogP contribution in [0, 0.1) is 13.8 Å². The van der Waals surface area contributed by atoms with Gasteiger partial charge >= 0.3 is 0 Å². The number of hydrogen-bond donors (Lipinski definition) is 2. The maximum absolute atomic E-state index is 11.3. The van der Waals surface area contributed by atoms with Crippen molar-refractivity contribution in [1.82, 2.24) is 9.99 Å². The minimum absolute atomic E-state index is 0.0943. The standard InChI is InChI=1S/C26H25N3O2/c1-16-12-17(2)14-22(13-16)29-24-15-21(20-8-6-5-7-9-20)10-11-23(24)25(26(29)31)18(3)27-28-19(4)30/h5-15,31H,1-4H3,(H,28,30). The molecule has 0 saturated carbocycles. The average molecular weight is 412 g/mol. The molecule has 3 aromatic carbocycles. The molecule has 31 heavy (non-hydrogen) atoms. The second-order valence-electron chi connectivity index (χ2n) is 7.84. The summed E-state index contributed by atoms with van der Waals surface area (Å²) in [4.78, 5) is 11.3. The molecule has 0 radical (unpaired) electrons. The van der Waals surface area contributed by atoms with Gasteiger partial charge < -0.3 is 5.11 Å². The van der Waals surface area contributed by atoms with Crippen molar-refractivity contribution in [3.8, 4) is 22.7 Å². The number of amides is 1. The Hall–Kier alpha value is -3.86. The highest BCUT2D eigenvalue weighted by Crippen LogP contribution is 2.37. The molecule has 0 bridgehead atoms. The summed E-state index contributed by atoms with van der Waals surface area (Å²) < 4.78 is 1.85. The summed E-state index contributed by atoms with van der Waals surface area (Å²) in [6.45, 7) is 7.26. The smallest absolute Gasteiger partial charge is 0.236 e. The van der Waals surface area contributed by atoms with Crippen LogP contribution in [0.4, 0.5) is 0 Å². The van der Waals surface area contributed by atoms with E-state index < -0.39 is 0 Å². The Balaban J connectivity index is 2.02. The zero-order chi connectivity index (χ0) is 22.1. The molecule has 2 N–H and O–H groups in total. The number of fused-ring (bicyclic) bond motifs is 1. The van der Waals surface area contributed by atoms with Crippen LogP contribution >= 0.6 is 0 Å². The number of rotatable bonds is 4. The van der Waals surface area contributed by atoms with E-state index in [-0.39, 0.29) is 11.8 Å². The van der Waals surface area contributed by atoms with Crippen molar-refractivity contribution in [3.63, 3.8) is 0 Å². The summed E-state index contributed by atoms with van der Waals surface area (Å²) in [5, 5.41) is 16.3. The lowest BCUT2D eigenvalue weighted by molar-refractivity contribution is -0.118. The lowest BCUT2D eigenvalue weighted by Gasteiger charge is -2.11. The normalized spacial score (nSPS) is 11.7. The Morgan fingerprint density at radius 3 is 2.23 bits per heavy atom. The van der Waals surface area contributed by atoms with Gasteiger partial charge in [0.25, 0.3) is 0 Å². The van der Waals surface area contributed by atoms with E-state index in [1.807, 2.05) is 60.9 Å². The van der Waals surface area contributed by atoms with Gasteiger partial charge in [0.05, 0.1) is 16.8 Å². The molecular formula is C26H25N3O2. The Morgan fingerprint density at radius 2 is 1.58 bits per heavy atom. The second kappa shape index (κ2) is 8.11. The van der Waals surface area contributed by atoms with Crippen LogP contribution in [0.2, 0.25) is 0 Å². The number of hydrogen-bond acceptors (Lipinski definition) is 3. The third-order valence-electron chi connectivity index (χ3n) is 5.26. The molecule has 0 aliphatic carbocycles. The quantitative estimate of drug-likeness (QED) is 0.345. The van der Waals surface area contributed by atoms with E-state index in [4.69, 9.17) is 0 Å². The first kappa shape index (κ1) is 20.4. The number of benzene rings is 3. The zero-order valence-electron chi connectivity index (χ0n) is 18.1. The molecule has 4 aromatic rings. The van der Waals surface area contributed by atoms with Crippen LogP contribution in [0.3, 0.4) is 0 Å². The molecule has 0 spiro atoms. The largest absolute Gasteiger partial charge is 0.494 e. The predicted octanol–water partition coefficient (Wildman–Crippen LogP) is 5.48. The molecule has 5 nitrogen and oxygen atoms in total. The fraction of sp³-hybridized carbons (Fsp3) is 0.154. The molecule has 4 rings (SSSR count). The van der Waals surface area contributed by atoms with Crippen molar-refractivity contribution < 1.29 is 9.90 Å². The Bertz CT molecular complexity index is 1300. The molecule has 0 aliphatic rings. The van der Waals surface area contributed by atoms with Gasteiger partial charge in [0, 0.05) is 18.0 Å². The third-order valence-corrected chi connectivity index (χ3v) is 5.26. The first-order chi connectivity index (χ1) is 14.8. The SMILES string of the molecule is CC(=O)NN=C(C)c1c(O)n(-c2cc(C)cc(C)c2)c2cc(-c3ccccc3)ccc12. The molecule has 0 atom stereocenters. The van der Waals surface area contributed by atoms with Crippen LogP contribution in [0.25, 0.3) is 27.7 Å². The number of hydrazone groups is 1. The van der Waals surface area contributed by atoms with E-state index in [9.17, 15) is 9.90 Å². The predicted molar refractivity (Wildman–Crippen MR) is 126 cm³/mol. The molecule has 1 aromatic heterocycles. The molecule has 156 valence electrons. The van der Waals surface area contributed by atoms with Crippen LogP contribution in [-0.4, -0.2) is 21.3 Å². The fourth-order valence-corrected chi connectivity index (χ4v) is 4.00. The summed E-state index contributed by atoms with van der Waals surface area (Å²) in [5.74, 6) is -0.167. The highest BCUT2D eigenvalue weighted by atomic mass is 16.3. The Morgan fingerprint density at radius 1 is 0.903 bits per heavy atom. The summed E-state index contributed by atoms with van der Waals surface area (Å²) in [7, 11) is 0. The number of aromatic hydroxyl groups is 1. The van der Waals surface area contributed by atoms with Gasteiger partial charge in [-0.3, -0.25) is 9.36 Å². The van der Waals surface area contributed by atoms with Crippen LogP contribution in [0.1, 0.15) is 30.5 Å². The molecule has 1 amide bonds. The van der Waals surface area contributed by atoms with Gasteiger partial charge in [0.2, 0.25) is 11.8 Å². The van der Waals surface area contributed by atoms with Gasteiger partial charge in [-0.25, -0.2) is 5.43 Å². The van der Waals surface area contributed by atoms with Crippen molar-refractivity contribution in [2.45, 2.75) is 27.7 Å². The Kier molecular flexibility index (Phi) is 5.34. The van der Waals surface area contributed by atoms with Gasteiger partial charge in [0.15, 0.2) is 0 Å². The van der Waals surface area contributed by atoms with E-state index >= 15 is 0 Å². The molecule has 0 aliphatic heterocycles. The third kappa shape index (κ3) is 3.94. The second-order valence-corrected chi connectivity index (χ2v) is 7.84. The Labute approximate surface area is 181 Å². The molecule has 0 unspecified atom stereocenters. The van der Waals surface area contributed by atoms with Gasteiger partial charge in [-0.05, 0) is 61.2 Å². The van der Waals surface area contributed by atoms with Crippen LogP contribution < -0.4 is 5.43 Å². The lowest BCUT2D eigenvalue weighted by atomic mass is 10.0. The number of carbonyl (C=O) groups excluding carboxylic acids is 1. The minimum Gasteiger partial charge on any atom is -0.494 e. The van der Waals surface area contributed by atoms with Crippen molar-refractivity contribution in [1.29, 1.82) is 0 Å². The van der Waals surface area contributed by atoms with Crippen LogP contribution in [-0.2, 0) is 4.79 Å². The monoisotopic (exact) mass is 411 g/mol. The first-order valence-electron chi connectivity index (χ1n) is 10.2. The van der Waals surface area contributed by atoms with Crippen molar-refractivity contribution in [2.24, 2.45) is 5.10 Å². The first-order valence-corrected chi connectivity index (χ1v) is 10.2. The van der Waals surface area contributed by atoms with E-state index in [2.05, 4.69) is 34.8 Å². The van der Waals surface area contributed by atoms with Gasteiger partial charge in [-0.1, -0.05) is 48.5 Å². The number of nitrogens with zero attached hydrogens (tertiary/aromatic N) is 2. The van der Waals surface area contributed by atoms with Crippen LogP contribution in [0.15, 0.2) is 71.8 Å². The van der Waals surface area contributed by atoms with Crippen molar-refractivity contribution in [2.75, 3.05) is 0 Å². The van der Waals surface area contributed by atoms with E-state index in [1.165, 1.54) is 6.92 Å². The molecular weight excluding hydrogens is 386 g/mol. The highest BCUT2D eigenvalue weighted by molar-refractivity contribution is 6.13. The molecule has 0 saturated heterocycles. The number of carbonyl (C=O) groups is 1. The van der Waals surface area contributed by atoms with E-state index in [1.54, 1.807) is 6.92 Å². The van der Waals surface area contributed by atoms with Crippen molar-refractivity contribution in [3.05, 3.63) is 83.4 Å². The topological polar surface area (TPSA) is 66.6 Å². The maximum Gasteiger partial charge on any atom is 0.236 e. The lowest BCUT2D eigenvalue weighted by Crippen LogP contribution is -2.15. The number of aromatic nitrogens is 1. The molecule has 0 fully saturated rings. The zero-order valence-corrected chi connectivity index (χ0v) is 18.1. The van der Waals surface area contributed by atoms with Crippen LogP contribution in [0.5, 0.6) is 5.88 Å². The van der Waals surface area contributed by atoms with E-state index in [0.717, 1.165) is 38.8 Å². The summed E-state index contributed by atoms with van der Waals surface area (Å²) >= 11 is 0. The van der Waals surface area contributed by atoms with Gasteiger partial charge in [-0.15, -0.1) is 0 Å². The van der Waals surface area contributed by atoms with Gasteiger partial charge in [-0.2, -0.15) is 5.10 Å². The highest BCUT2D eigenvalue weighted by Gasteiger charge is 2.21. The van der Waals surface area contributed by atoms with Crippen molar-refractivity contribution >= 4 is 22.5 Å². The molecule has 1 heterocycles. The fourth-order valence-electron chi connectivity index (χ4n) is 4.00. The molecule has 5 heteroatoms. The van der Waals surface area contributed by atoms with Gasteiger partial charge in [0.1, 0.15) is 0 Å². The summed E-state index contributed by atoms with van der Waals surface area (Å²) in [5.41, 5.74) is 9.73. The van der Waals surface area contributed by atoms with E-state index in [0.29, 0.717) is 11.3 Å². The number of nitrogens with one attached hydrogen (secondary N) is 1. The minimum atomic E-state index is -0.261.